The van der Waals surface area contributed by atoms with E-state index in [0.29, 0.717) is 23.9 Å². The molecule has 1 rings (SSSR count). The number of carbonyl (C=O) groups excluding carboxylic acids is 2. The van der Waals surface area contributed by atoms with Gasteiger partial charge in [0.1, 0.15) is 0 Å². The van der Waals surface area contributed by atoms with Crippen LogP contribution in [0, 0.1) is 0 Å². The molecule has 1 fully saturated rings. The fourth-order valence-corrected chi connectivity index (χ4v) is 2.23. The lowest BCUT2D eigenvalue weighted by Crippen LogP contribution is -2.25. The van der Waals surface area contributed by atoms with E-state index in [1.165, 1.54) is 17.8 Å². The highest BCUT2D eigenvalue weighted by Crippen LogP contribution is 2.28. The second-order valence-electron chi connectivity index (χ2n) is 3.07. The van der Waals surface area contributed by atoms with Crippen molar-refractivity contribution in [3.8, 4) is 0 Å². The van der Waals surface area contributed by atoms with Crippen LogP contribution in [-0.2, 0) is 14.3 Å². The molecule has 0 radical (unpaired) electrons. The van der Waals surface area contributed by atoms with Crippen LogP contribution in [0.1, 0.15) is 20.3 Å². The van der Waals surface area contributed by atoms with Crippen molar-refractivity contribution in [1.29, 1.82) is 0 Å². The van der Waals surface area contributed by atoms with Crippen LogP contribution in [0.4, 0.5) is 0 Å². The molecule has 0 atom stereocenters. The maximum absolute atomic E-state index is 11.4. The summed E-state index contributed by atoms with van der Waals surface area (Å²) in [4.78, 5) is 24.3. The van der Waals surface area contributed by atoms with E-state index in [2.05, 4.69) is 0 Å². The van der Waals surface area contributed by atoms with Gasteiger partial charge in [0.2, 0.25) is 5.91 Å². The van der Waals surface area contributed by atoms with Crippen LogP contribution in [0.3, 0.4) is 0 Å². The molecule has 0 aromatic rings. The number of rotatable bonds is 4. The van der Waals surface area contributed by atoms with Gasteiger partial charge >= 0.3 is 5.97 Å². The average Bonchev–Trinajstić information content (AvgIpc) is 2.51. The number of carbonyl (C=O) groups is 2. The van der Waals surface area contributed by atoms with E-state index in [9.17, 15) is 9.59 Å². The first kappa shape index (κ1) is 12.1. The Bertz CT molecular complexity index is 288. The third-order valence-corrected chi connectivity index (χ3v) is 2.91. The smallest absolute Gasteiger partial charge is 0.333 e. The summed E-state index contributed by atoms with van der Waals surface area (Å²) in [5.41, 5.74) is 0. The van der Waals surface area contributed by atoms with Crippen molar-refractivity contribution in [2.45, 2.75) is 20.3 Å². The number of hydrogen-bond donors (Lipinski definition) is 0. The third kappa shape index (κ3) is 3.27. The number of esters is 1. The molecule has 5 heteroatoms. The Hall–Kier alpha value is -0.970. The number of amides is 1. The molecule has 0 spiro atoms. The normalized spacial score (nSPS) is 18.7. The van der Waals surface area contributed by atoms with Crippen LogP contribution >= 0.6 is 11.8 Å². The molecule has 1 amide bonds. The lowest BCUT2D eigenvalue weighted by Gasteiger charge is -2.15. The first-order chi connectivity index (χ1) is 7.19. The first-order valence-electron chi connectivity index (χ1n) is 5.00. The van der Waals surface area contributed by atoms with Gasteiger partial charge in [-0.15, -0.1) is 0 Å². The van der Waals surface area contributed by atoms with Gasteiger partial charge in [0.25, 0.3) is 0 Å². The Balaban J connectivity index is 2.67. The fraction of sp³-hybridized carbons (Fsp3) is 0.600. The van der Waals surface area contributed by atoms with E-state index in [0.717, 1.165) is 6.42 Å². The molecule has 1 saturated heterocycles. The average molecular weight is 229 g/mol. The highest BCUT2D eigenvalue weighted by atomic mass is 32.2. The lowest BCUT2D eigenvalue weighted by molar-refractivity contribution is -0.137. The lowest BCUT2D eigenvalue weighted by atomic mass is 10.4. The van der Waals surface area contributed by atoms with E-state index in [1.54, 1.807) is 11.8 Å². The van der Waals surface area contributed by atoms with Crippen molar-refractivity contribution >= 4 is 23.6 Å². The summed E-state index contributed by atoms with van der Waals surface area (Å²) in [6, 6.07) is 0. The second-order valence-corrected chi connectivity index (χ2v) is 4.06. The minimum absolute atomic E-state index is 0.0670. The second kappa shape index (κ2) is 5.80. The van der Waals surface area contributed by atoms with E-state index < -0.39 is 0 Å². The molecule has 0 saturated carbocycles. The fourth-order valence-electron chi connectivity index (χ4n) is 1.28. The molecule has 4 nitrogen and oxygen atoms in total. The van der Waals surface area contributed by atoms with E-state index in [-0.39, 0.29) is 11.9 Å². The van der Waals surface area contributed by atoms with Gasteiger partial charge in [-0.2, -0.15) is 0 Å². The van der Waals surface area contributed by atoms with Crippen LogP contribution in [0.2, 0.25) is 0 Å². The van der Waals surface area contributed by atoms with Crippen LogP contribution in [0.25, 0.3) is 0 Å². The molecule has 0 aromatic carbocycles. The SMILES string of the molecule is CCCN1C(=O)CSC1=CC(=O)OCC. The van der Waals surface area contributed by atoms with Crippen molar-refractivity contribution in [3.63, 3.8) is 0 Å². The molecule has 0 bridgehead atoms. The summed E-state index contributed by atoms with van der Waals surface area (Å²) in [6.07, 6.45) is 2.28. The molecule has 0 aromatic heterocycles. The van der Waals surface area contributed by atoms with Crippen LogP contribution in [-0.4, -0.2) is 35.7 Å². The molecular formula is C10H15NO3S. The van der Waals surface area contributed by atoms with Gasteiger partial charge in [-0.05, 0) is 13.3 Å². The zero-order valence-corrected chi connectivity index (χ0v) is 9.80. The van der Waals surface area contributed by atoms with Gasteiger partial charge in [-0.1, -0.05) is 18.7 Å². The molecule has 1 heterocycles. The van der Waals surface area contributed by atoms with E-state index in [1.807, 2.05) is 6.92 Å². The molecule has 0 unspecified atom stereocenters. The molecule has 0 N–H and O–H groups in total. The predicted molar refractivity (Wildman–Crippen MR) is 59.2 cm³/mol. The minimum Gasteiger partial charge on any atom is -0.463 e. The molecular weight excluding hydrogens is 214 g/mol. The summed E-state index contributed by atoms with van der Waals surface area (Å²) in [6.45, 7) is 4.78. The Kier molecular flexibility index (Phi) is 4.68. The molecule has 1 aliphatic rings. The molecule has 15 heavy (non-hydrogen) atoms. The summed E-state index contributed by atoms with van der Waals surface area (Å²) in [7, 11) is 0. The van der Waals surface area contributed by atoms with Crippen molar-refractivity contribution < 1.29 is 14.3 Å². The van der Waals surface area contributed by atoms with Crippen LogP contribution in [0.15, 0.2) is 11.1 Å². The Morgan fingerprint density at radius 3 is 2.93 bits per heavy atom. The Morgan fingerprint density at radius 1 is 1.60 bits per heavy atom. The number of hydrogen-bond acceptors (Lipinski definition) is 4. The molecule has 0 aliphatic carbocycles. The summed E-state index contributed by atoms with van der Waals surface area (Å²) in [5, 5.41) is 0.709. The summed E-state index contributed by atoms with van der Waals surface area (Å²) < 4.78 is 4.80. The Morgan fingerprint density at radius 2 is 2.33 bits per heavy atom. The van der Waals surface area contributed by atoms with Gasteiger partial charge in [-0.3, -0.25) is 4.79 Å². The monoisotopic (exact) mass is 229 g/mol. The molecule has 1 aliphatic heterocycles. The van der Waals surface area contributed by atoms with Crippen LogP contribution in [0.5, 0.6) is 0 Å². The number of thioether (sulfide) groups is 1. The zero-order chi connectivity index (χ0) is 11.3. The van der Waals surface area contributed by atoms with Gasteiger partial charge in [0.15, 0.2) is 0 Å². The molecule has 84 valence electrons. The highest BCUT2D eigenvalue weighted by Gasteiger charge is 2.26. The summed E-state index contributed by atoms with van der Waals surface area (Å²) >= 11 is 1.39. The van der Waals surface area contributed by atoms with Crippen molar-refractivity contribution in [3.05, 3.63) is 11.1 Å². The van der Waals surface area contributed by atoms with Gasteiger partial charge in [-0.25, -0.2) is 4.79 Å². The Labute approximate surface area is 93.6 Å². The first-order valence-corrected chi connectivity index (χ1v) is 5.99. The minimum atomic E-state index is -0.379. The van der Waals surface area contributed by atoms with Crippen LogP contribution < -0.4 is 0 Å². The highest BCUT2D eigenvalue weighted by molar-refractivity contribution is 8.04. The van der Waals surface area contributed by atoms with Gasteiger partial charge in [0, 0.05) is 6.54 Å². The van der Waals surface area contributed by atoms with Crippen molar-refractivity contribution in [1.82, 2.24) is 4.90 Å². The van der Waals surface area contributed by atoms with Crippen molar-refractivity contribution in [2.24, 2.45) is 0 Å². The predicted octanol–water partition coefficient (Wildman–Crippen LogP) is 1.38. The third-order valence-electron chi connectivity index (χ3n) is 1.89. The maximum atomic E-state index is 11.4. The summed E-state index contributed by atoms with van der Waals surface area (Å²) in [5.74, 6) is 0.110. The quantitative estimate of drug-likeness (QED) is 0.539. The topological polar surface area (TPSA) is 46.6 Å². The largest absolute Gasteiger partial charge is 0.463 e. The zero-order valence-electron chi connectivity index (χ0n) is 8.99. The van der Waals surface area contributed by atoms with Crippen molar-refractivity contribution in [2.75, 3.05) is 18.9 Å². The standard InChI is InChI=1S/C10H15NO3S/c1-3-5-11-8(12)7-15-9(11)6-10(13)14-4-2/h6H,3-5,7H2,1-2H3. The maximum Gasteiger partial charge on any atom is 0.333 e. The number of nitrogens with zero attached hydrogens (tertiary/aromatic N) is 1. The van der Waals surface area contributed by atoms with E-state index in [4.69, 9.17) is 4.74 Å². The van der Waals surface area contributed by atoms with E-state index >= 15 is 0 Å². The van der Waals surface area contributed by atoms with Gasteiger partial charge < -0.3 is 9.64 Å². The van der Waals surface area contributed by atoms with Gasteiger partial charge in [0.05, 0.1) is 23.5 Å². The number of ether oxygens (including phenoxy) is 1.